The smallest absolute Gasteiger partial charge is 0.311 e. The van der Waals surface area contributed by atoms with Crippen molar-refractivity contribution in [3.05, 3.63) is 54.2 Å². The molecule has 1 aliphatic rings. The van der Waals surface area contributed by atoms with Gasteiger partial charge in [0.1, 0.15) is 25.1 Å². The predicted molar refractivity (Wildman–Crippen MR) is 200 cm³/mol. The van der Waals surface area contributed by atoms with Crippen LogP contribution >= 0.6 is 0 Å². The fraction of sp³-hybridized carbons (Fsp3) is 0.568. The van der Waals surface area contributed by atoms with Gasteiger partial charge >= 0.3 is 5.97 Å². The first-order chi connectivity index (χ1) is 23.2. The Labute approximate surface area is 292 Å². The number of carbonyl (C=O) groups excluding carboxylic acids is 1. The van der Waals surface area contributed by atoms with Gasteiger partial charge in [-0.25, -0.2) is 9.37 Å². The van der Waals surface area contributed by atoms with E-state index >= 15 is 0 Å². The number of hydrogen-bond acceptors (Lipinski definition) is 8. The second-order valence-electron chi connectivity index (χ2n) is 16.2. The van der Waals surface area contributed by atoms with Crippen LogP contribution in [0.15, 0.2) is 42.7 Å². The fourth-order valence-corrected chi connectivity index (χ4v) is 7.70. The zero-order chi connectivity index (χ0) is 35.4. The van der Waals surface area contributed by atoms with Crippen molar-refractivity contribution in [1.29, 1.82) is 0 Å². The summed E-state index contributed by atoms with van der Waals surface area (Å²) < 4.78 is 34.1. The Hall–Kier alpha value is -3.20. The molecule has 0 atom stereocenters. The highest BCUT2D eigenvalue weighted by Crippen LogP contribution is 2.44. The summed E-state index contributed by atoms with van der Waals surface area (Å²) >= 11 is 0. The predicted octanol–water partition coefficient (Wildman–Crippen LogP) is 8.74. The van der Waals surface area contributed by atoms with Crippen molar-refractivity contribution in [2.75, 3.05) is 38.2 Å². The highest BCUT2D eigenvalue weighted by Gasteiger charge is 2.39. The minimum atomic E-state index is -1.28. The number of hydrogen-bond donors (Lipinski definition) is 0. The van der Waals surface area contributed by atoms with Gasteiger partial charge in [0.25, 0.3) is 0 Å². The lowest BCUT2D eigenvalue weighted by Gasteiger charge is -2.35. The number of esters is 1. The van der Waals surface area contributed by atoms with Crippen molar-refractivity contribution in [3.8, 4) is 11.1 Å². The second-order valence-corrected chi connectivity index (χ2v) is 27.4. The minimum Gasteiger partial charge on any atom is -0.466 e. The van der Waals surface area contributed by atoms with Crippen LogP contribution in [0.25, 0.3) is 27.7 Å². The van der Waals surface area contributed by atoms with E-state index in [0.29, 0.717) is 44.3 Å². The molecule has 12 heteroatoms. The Kier molecular flexibility index (Phi) is 11.6. The van der Waals surface area contributed by atoms with Crippen LogP contribution in [0, 0.1) is 11.2 Å². The van der Waals surface area contributed by atoms with Crippen molar-refractivity contribution >= 4 is 44.5 Å². The summed E-state index contributed by atoms with van der Waals surface area (Å²) in [5.41, 5.74) is 3.50. The molecule has 0 bridgehead atoms. The summed E-state index contributed by atoms with van der Waals surface area (Å²) in [7, 11) is -2.56. The number of halogens is 1. The standard InChI is InChI=1S/C37H54FN5O4Si2/c1-9-47-36(44)37(2)14-12-27(13-15-37)33-22-34(42(25-45-16-18-48(3,4)5)26-46-17-19-49(6,7)8)43-35(41-33)31(24-40-43)29-20-28-21-30(38)10-11-32(28)39-23-29/h10-11,20-24,27H,9,12-19,25-26H2,1-8H3. The van der Waals surface area contributed by atoms with Crippen LogP contribution in [0.1, 0.15) is 51.1 Å². The second kappa shape index (κ2) is 15.4. The van der Waals surface area contributed by atoms with Gasteiger partial charge in [0.15, 0.2) is 5.65 Å². The van der Waals surface area contributed by atoms with E-state index in [1.165, 1.54) is 12.1 Å². The first-order valence-corrected chi connectivity index (χ1v) is 25.1. The third-order valence-electron chi connectivity index (χ3n) is 9.51. The lowest BCUT2D eigenvalue weighted by Crippen LogP contribution is -2.34. The molecule has 1 aromatic carbocycles. The summed E-state index contributed by atoms with van der Waals surface area (Å²) in [5.74, 6) is 0.569. The first-order valence-electron chi connectivity index (χ1n) is 17.7. The third kappa shape index (κ3) is 9.53. The summed E-state index contributed by atoms with van der Waals surface area (Å²) in [5, 5.41) is 5.57. The van der Waals surface area contributed by atoms with Gasteiger partial charge in [0.05, 0.1) is 23.7 Å². The van der Waals surface area contributed by atoms with Gasteiger partial charge in [-0.3, -0.25) is 9.78 Å². The number of benzene rings is 1. The quantitative estimate of drug-likeness (QED) is 0.0525. The van der Waals surface area contributed by atoms with Crippen LogP contribution in [0.2, 0.25) is 51.4 Å². The molecular formula is C37H54FN5O4Si2. The normalized spacial score (nSPS) is 18.7. The van der Waals surface area contributed by atoms with Crippen molar-refractivity contribution in [2.45, 2.75) is 96.8 Å². The number of anilines is 1. The lowest BCUT2D eigenvalue weighted by atomic mass is 9.71. The summed E-state index contributed by atoms with van der Waals surface area (Å²) in [6, 6.07) is 10.8. The molecule has 4 aromatic rings. The molecule has 3 heterocycles. The van der Waals surface area contributed by atoms with Crippen molar-refractivity contribution < 1.29 is 23.4 Å². The molecular weight excluding hydrogens is 654 g/mol. The molecule has 1 aliphatic carbocycles. The van der Waals surface area contributed by atoms with E-state index in [-0.39, 0.29) is 17.7 Å². The van der Waals surface area contributed by atoms with Gasteiger partial charge in [0, 0.05) is 69.7 Å². The number of aromatic nitrogens is 4. The van der Waals surface area contributed by atoms with E-state index in [1.54, 1.807) is 12.3 Å². The molecule has 266 valence electrons. The Balaban J connectivity index is 1.54. The molecule has 9 nitrogen and oxygen atoms in total. The molecule has 0 amide bonds. The molecule has 0 N–H and O–H groups in total. The fourth-order valence-electron chi connectivity index (χ4n) is 6.19. The molecule has 0 spiro atoms. The van der Waals surface area contributed by atoms with Crippen LogP contribution in [0.5, 0.6) is 0 Å². The van der Waals surface area contributed by atoms with Gasteiger partial charge in [-0.15, -0.1) is 0 Å². The van der Waals surface area contributed by atoms with Crippen molar-refractivity contribution in [3.63, 3.8) is 0 Å². The number of nitrogens with zero attached hydrogens (tertiary/aromatic N) is 5. The molecule has 0 radical (unpaired) electrons. The lowest BCUT2D eigenvalue weighted by molar-refractivity contribution is -0.156. The average molecular weight is 708 g/mol. The van der Waals surface area contributed by atoms with Crippen LogP contribution in [0.4, 0.5) is 10.2 Å². The summed E-state index contributed by atoms with van der Waals surface area (Å²) in [6.45, 7) is 20.4. The number of rotatable bonds is 15. The monoisotopic (exact) mass is 707 g/mol. The molecule has 3 aromatic heterocycles. The minimum absolute atomic E-state index is 0.118. The SMILES string of the molecule is CCOC(=O)C1(C)CCC(c2cc(N(COCC[Si](C)(C)C)COCC[Si](C)(C)C)n3ncc(-c4cnc5ccc(F)cc5c4)c3n2)CC1. The molecule has 5 rings (SSSR count). The first kappa shape index (κ1) is 37.1. The van der Waals surface area contributed by atoms with Gasteiger partial charge in [-0.1, -0.05) is 39.3 Å². The largest absolute Gasteiger partial charge is 0.466 e. The Morgan fingerprint density at radius 3 is 2.24 bits per heavy atom. The number of fused-ring (bicyclic) bond motifs is 2. The number of pyridine rings is 1. The maximum absolute atomic E-state index is 14.2. The average Bonchev–Trinajstić information content (AvgIpc) is 3.47. The van der Waals surface area contributed by atoms with Gasteiger partial charge in [-0.05, 0) is 75.9 Å². The van der Waals surface area contributed by atoms with Gasteiger partial charge in [0.2, 0.25) is 0 Å². The van der Waals surface area contributed by atoms with E-state index in [4.69, 9.17) is 24.3 Å². The van der Waals surface area contributed by atoms with E-state index in [1.807, 2.05) is 30.6 Å². The molecule has 49 heavy (non-hydrogen) atoms. The Bertz CT molecular complexity index is 1720. The van der Waals surface area contributed by atoms with Crippen molar-refractivity contribution in [2.24, 2.45) is 5.41 Å². The molecule has 1 saturated carbocycles. The van der Waals surface area contributed by atoms with E-state index in [0.717, 1.165) is 65.9 Å². The van der Waals surface area contributed by atoms with Crippen LogP contribution in [-0.4, -0.2) is 75.0 Å². The number of ether oxygens (including phenoxy) is 3. The zero-order valence-corrected chi connectivity index (χ0v) is 32.6. The van der Waals surface area contributed by atoms with Crippen LogP contribution < -0.4 is 4.90 Å². The van der Waals surface area contributed by atoms with Crippen LogP contribution in [-0.2, 0) is 19.0 Å². The summed E-state index contributed by atoms with van der Waals surface area (Å²) in [6.07, 6.45) is 6.71. The van der Waals surface area contributed by atoms with Gasteiger partial charge < -0.3 is 19.1 Å². The molecule has 1 fully saturated rings. The zero-order valence-electron chi connectivity index (χ0n) is 30.6. The molecule has 0 saturated heterocycles. The van der Waals surface area contributed by atoms with Crippen LogP contribution in [0.3, 0.4) is 0 Å². The molecule has 0 unspecified atom stereocenters. The highest BCUT2D eigenvalue weighted by molar-refractivity contribution is 6.76. The van der Waals surface area contributed by atoms with Gasteiger partial charge in [-0.2, -0.15) is 9.61 Å². The van der Waals surface area contributed by atoms with E-state index < -0.39 is 21.6 Å². The highest BCUT2D eigenvalue weighted by atomic mass is 28.3. The third-order valence-corrected chi connectivity index (χ3v) is 12.9. The maximum atomic E-state index is 14.2. The van der Waals surface area contributed by atoms with E-state index in [9.17, 15) is 9.18 Å². The molecule has 0 aliphatic heterocycles. The summed E-state index contributed by atoms with van der Waals surface area (Å²) in [4.78, 5) is 24.8. The Morgan fingerprint density at radius 2 is 1.63 bits per heavy atom. The topological polar surface area (TPSA) is 91.1 Å². The van der Waals surface area contributed by atoms with E-state index in [2.05, 4.69) is 55.2 Å². The maximum Gasteiger partial charge on any atom is 0.311 e. The van der Waals surface area contributed by atoms with Crippen molar-refractivity contribution in [1.82, 2.24) is 19.6 Å². The number of carbonyl (C=O) groups is 1. The Morgan fingerprint density at radius 1 is 0.980 bits per heavy atom.